The van der Waals surface area contributed by atoms with Crippen LogP contribution in [0.3, 0.4) is 0 Å². The van der Waals surface area contributed by atoms with Crippen LogP contribution in [0, 0.1) is 22.7 Å². The second-order valence-electron chi connectivity index (χ2n) is 7.20. The first-order valence-electron chi connectivity index (χ1n) is 6.89. The van der Waals surface area contributed by atoms with Crippen LogP contribution in [0.15, 0.2) is 0 Å². The van der Waals surface area contributed by atoms with Crippen LogP contribution in [-0.2, 0) is 9.53 Å². The predicted octanol–water partition coefficient (Wildman–Crippen LogP) is 3.79. The first-order valence-corrected chi connectivity index (χ1v) is 6.89. The van der Waals surface area contributed by atoms with Crippen molar-refractivity contribution in [1.82, 2.24) is 0 Å². The zero-order valence-electron chi connectivity index (χ0n) is 11.9. The van der Waals surface area contributed by atoms with Crippen molar-refractivity contribution in [3.63, 3.8) is 0 Å². The number of hydrogen-bond donors (Lipinski definition) is 0. The van der Waals surface area contributed by atoms with Gasteiger partial charge in [-0.25, -0.2) is 0 Å². The van der Waals surface area contributed by atoms with E-state index >= 15 is 0 Å². The molecule has 2 aliphatic rings. The summed E-state index contributed by atoms with van der Waals surface area (Å²) >= 11 is 0. The molecule has 2 nitrogen and oxygen atoms in total. The molecule has 0 radical (unpaired) electrons. The Hall–Kier alpha value is -0.530. The molecule has 0 amide bonds. The van der Waals surface area contributed by atoms with E-state index in [9.17, 15) is 4.79 Å². The summed E-state index contributed by atoms with van der Waals surface area (Å²) in [6, 6.07) is 0. The van der Waals surface area contributed by atoms with E-state index in [1.807, 2.05) is 0 Å². The summed E-state index contributed by atoms with van der Waals surface area (Å²) in [5.74, 6) is 1.47. The molecule has 2 rings (SSSR count). The predicted molar refractivity (Wildman–Crippen MR) is 68.6 cm³/mol. The zero-order chi connectivity index (χ0) is 12.9. The van der Waals surface area contributed by atoms with Gasteiger partial charge in [-0.05, 0) is 49.9 Å². The van der Waals surface area contributed by atoms with Crippen LogP contribution in [0.2, 0.25) is 0 Å². The molecule has 0 saturated heterocycles. The molecule has 2 aliphatic carbocycles. The molecule has 0 aliphatic heterocycles. The Morgan fingerprint density at radius 3 is 2.35 bits per heavy atom. The van der Waals surface area contributed by atoms with Gasteiger partial charge >= 0.3 is 0 Å². The van der Waals surface area contributed by atoms with Crippen LogP contribution < -0.4 is 0 Å². The second-order valence-corrected chi connectivity index (χ2v) is 7.20. The van der Waals surface area contributed by atoms with Crippen molar-refractivity contribution in [2.75, 3.05) is 0 Å². The van der Waals surface area contributed by atoms with E-state index in [0.29, 0.717) is 17.8 Å². The first kappa shape index (κ1) is 12.9. The molecule has 17 heavy (non-hydrogen) atoms. The first-order chi connectivity index (χ1) is 7.78. The third kappa shape index (κ3) is 1.56. The summed E-state index contributed by atoms with van der Waals surface area (Å²) in [6.45, 7) is 12.2. The van der Waals surface area contributed by atoms with E-state index in [2.05, 4.69) is 34.6 Å². The fourth-order valence-electron chi connectivity index (χ4n) is 4.54. The molecular weight excluding hydrogens is 212 g/mol. The molecule has 1 unspecified atom stereocenters. The average Bonchev–Trinajstić information content (AvgIpc) is 2.53. The Morgan fingerprint density at radius 1 is 1.12 bits per heavy atom. The maximum atomic E-state index is 10.8. The van der Waals surface area contributed by atoms with E-state index in [4.69, 9.17) is 4.74 Å². The van der Waals surface area contributed by atoms with Gasteiger partial charge in [0.25, 0.3) is 6.47 Å². The van der Waals surface area contributed by atoms with Gasteiger partial charge in [-0.1, -0.05) is 27.7 Å². The van der Waals surface area contributed by atoms with Crippen molar-refractivity contribution in [3.05, 3.63) is 0 Å². The summed E-state index contributed by atoms with van der Waals surface area (Å²) in [5.41, 5.74) is 0.226. The Labute approximate surface area is 105 Å². The van der Waals surface area contributed by atoms with Crippen LogP contribution in [-0.4, -0.2) is 12.1 Å². The standard InChI is InChI=1S/C15H26O2/c1-11-6-7-12-13(2,3)15(5,17-10-16)9-8-14(11,12)4/h10-12H,6-9H2,1-5H3/t11-,12?,14-,15-/m1/s1. The van der Waals surface area contributed by atoms with Crippen molar-refractivity contribution >= 4 is 6.47 Å². The highest BCUT2D eigenvalue weighted by Gasteiger charge is 2.61. The third-order valence-corrected chi connectivity index (χ3v) is 6.49. The van der Waals surface area contributed by atoms with Gasteiger partial charge < -0.3 is 4.74 Å². The van der Waals surface area contributed by atoms with Gasteiger partial charge in [-0.2, -0.15) is 0 Å². The molecule has 0 N–H and O–H groups in total. The number of rotatable bonds is 2. The molecule has 0 aromatic rings. The zero-order valence-corrected chi connectivity index (χ0v) is 11.9. The Bertz CT molecular complexity index is 323. The quantitative estimate of drug-likeness (QED) is 0.684. The number of hydrogen-bond acceptors (Lipinski definition) is 2. The average molecular weight is 238 g/mol. The summed E-state index contributed by atoms with van der Waals surface area (Å²) in [4.78, 5) is 10.8. The smallest absolute Gasteiger partial charge is 0.293 e. The molecule has 4 atom stereocenters. The third-order valence-electron chi connectivity index (χ3n) is 6.49. The maximum absolute atomic E-state index is 10.8. The molecule has 0 aromatic heterocycles. The fourth-order valence-corrected chi connectivity index (χ4v) is 4.54. The molecular formula is C15H26O2. The molecule has 0 aromatic carbocycles. The Balaban J connectivity index is 2.35. The lowest BCUT2D eigenvalue weighted by atomic mass is 9.51. The van der Waals surface area contributed by atoms with Crippen molar-refractivity contribution in [2.24, 2.45) is 22.7 Å². The number of carbonyl (C=O) groups is 1. The highest BCUT2D eigenvalue weighted by molar-refractivity contribution is 5.39. The second kappa shape index (κ2) is 3.73. The van der Waals surface area contributed by atoms with E-state index in [0.717, 1.165) is 12.3 Å². The van der Waals surface area contributed by atoms with E-state index < -0.39 is 0 Å². The van der Waals surface area contributed by atoms with Gasteiger partial charge in [-0.3, -0.25) is 4.79 Å². The summed E-state index contributed by atoms with van der Waals surface area (Å²) in [6.07, 6.45) is 4.78. The topological polar surface area (TPSA) is 26.3 Å². The summed E-state index contributed by atoms with van der Waals surface area (Å²) in [5, 5.41) is 0. The number of carbonyl (C=O) groups excluding carboxylic acids is 1. The van der Waals surface area contributed by atoms with Gasteiger partial charge in [0.15, 0.2) is 0 Å². The molecule has 0 heterocycles. The summed E-state index contributed by atoms with van der Waals surface area (Å²) in [7, 11) is 0. The monoisotopic (exact) mass is 238 g/mol. The van der Waals surface area contributed by atoms with E-state index in [1.165, 1.54) is 19.3 Å². The molecule has 0 bridgehead atoms. The van der Waals surface area contributed by atoms with Crippen LogP contribution in [0.1, 0.15) is 60.3 Å². The van der Waals surface area contributed by atoms with Crippen LogP contribution in [0.25, 0.3) is 0 Å². The Morgan fingerprint density at radius 2 is 1.76 bits per heavy atom. The molecule has 2 saturated carbocycles. The number of ether oxygens (including phenoxy) is 1. The van der Waals surface area contributed by atoms with Gasteiger partial charge in [-0.15, -0.1) is 0 Å². The minimum atomic E-state index is -0.289. The SMILES string of the molecule is C[C@@H]1CCC2C(C)(C)[C@](C)(OC=O)CC[C@@]21C. The van der Waals surface area contributed by atoms with Crippen LogP contribution in [0.4, 0.5) is 0 Å². The van der Waals surface area contributed by atoms with Crippen LogP contribution >= 0.6 is 0 Å². The van der Waals surface area contributed by atoms with Crippen molar-refractivity contribution in [3.8, 4) is 0 Å². The van der Waals surface area contributed by atoms with Gasteiger partial charge in [0.1, 0.15) is 5.60 Å². The minimum absolute atomic E-state index is 0.0751. The van der Waals surface area contributed by atoms with Crippen LogP contribution in [0.5, 0.6) is 0 Å². The fraction of sp³-hybridized carbons (Fsp3) is 0.933. The highest BCUT2D eigenvalue weighted by Crippen LogP contribution is 2.64. The lowest BCUT2D eigenvalue weighted by Gasteiger charge is -2.57. The number of fused-ring (bicyclic) bond motifs is 1. The maximum Gasteiger partial charge on any atom is 0.293 e. The molecule has 0 spiro atoms. The largest absolute Gasteiger partial charge is 0.461 e. The lowest BCUT2D eigenvalue weighted by Crippen LogP contribution is -2.56. The summed E-state index contributed by atoms with van der Waals surface area (Å²) < 4.78 is 5.49. The molecule has 2 heteroatoms. The van der Waals surface area contributed by atoms with E-state index in [1.54, 1.807) is 0 Å². The van der Waals surface area contributed by atoms with Gasteiger partial charge in [0, 0.05) is 5.41 Å². The normalized spacial score (nSPS) is 48.5. The van der Waals surface area contributed by atoms with Gasteiger partial charge in [0.05, 0.1) is 0 Å². The Kier molecular flexibility index (Phi) is 2.83. The van der Waals surface area contributed by atoms with E-state index in [-0.39, 0.29) is 11.0 Å². The van der Waals surface area contributed by atoms with Crippen molar-refractivity contribution in [2.45, 2.75) is 65.9 Å². The lowest BCUT2D eigenvalue weighted by molar-refractivity contribution is -0.187. The minimum Gasteiger partial charge on any atom is -0.461 e. The van der Waals surface area contributed by atoms with Crippen molar-refractivity contribution in [1.29, 1.82) is 0 Å². The van der Waals surface area contributed by atoms with Crippen molar-refractivity contribution < 1.29 is 9.53 Å². The van der Waals surface area contributed by atoms with Gasteiger partial charge in [0.2, 0.25) is 0 Å². The molecule has 2 fully saturated rings. The molecule has 98 valence electrons. The highest BCUT2D eigenvalue weighted by atomic mass is 16.5.